The molecule has 1 aliphatic heterocycles. The zero-order chi connectivity index (χ0) is 29.6. The summed E-state index contributed by atoms with van der Waals surface area (Å²) in [7, 11) is 0. The van der Waals surface area contributed by atoms with Crippen LogP contribution in [-0.2, 0) is 20.9 Å². The predicted octanol–water partition coefficient (Wildman–Crippen LogP) is 4.53. The van der Waals surface area contributed by atoms with Crippen LogP contribution >= 0.6 is 11.8 Å². The van der Waals surface area contributed by atoms with Gasteiger partial charge in [0.1, 0.15) is 34.6 Å². The van der Waals surface area contributed by atoms with Crippen molar-refractivity contribution in [2.24, 2.45) is 0 Å². The lowest BCUT2D eigenvalue weighted by molar-refractivity contribution is -0.136. The van der Waals surface area contributed by atoms with E-state index in [9.17, 15) is 24.9 Å². The first kappa shape index (κ1) is 28.1. The number of hydrogen-bond donors (Lipinski definition) is 1. The van der Waals surface area contributed by atoms with Gasteiger partial charge in [0.2, 0.25) is 11.8 Å². The Morgan fingerprint density at radius 2 is 1.52 bits per heavy atom. The number of para-hydroxylation sites is 1. The van der Waals surface area contributed by atoms with Crippen LogP contribution < -0.4 is 10.6 Å². The zero-order valence-electron chi connectivity index (χ0n) is 22.3. The molecule has 5 rings (SSSR count). The lowest BCUT2D eigenvalue weighted by Gasteiger charge is -2.28. The largest absolute Gasteiger partial charge is 0.383 e. The fraction of sp³-hybridized carbons (Fsp3) is 0.125. The number of pyridine rings is 1. The van der Waals surface area contributed by atoms with Crippen molar-refractivity contribution in [3.63, 3.8) is 0 Å². The van der Waals surface area contributed by atoms with Crippen LogP contribution in [0.25, 0.3) is 11.1 Å². The number of carbonyl (C=O) groups is 3. The van der Waals surface area contributed by atoms with Gasteiger partial charge in [-0.05, 0) is 23.3 Å². The number of rotatable bonds is 8. The second-order valence-electron chi connectivity index (χ2n) is 9.44. The summed E-state index contributed by atoms with van der Waals surface area (Å²) in [6.07, 6.45) is -0.152. The molecule has 0 saturated carbocycles. The molecule has 3 amide bonds. The number of aromatic nitrogens is 1. The maximum atomic E-state index is 13.8. The summed E-state index contributed by atoms with van der Waals surface area (Å²) in [4.78, 5) is 47.1. The molecule has 0 spiro atoms. The van der Waals surface area contributed by atoms with Gasteiger partial charge in [0, 0.05) is 12.1 Å². The van der Waals surface area contributed by atoms with E-state index < -0.39 is 23.8 Å². The van der Waals surface area contributed by atoms with Crippen molar-refractivity contribution in [3.8, 4) is 23.3 Å². The molecule has 10 heteroatoms. The summed E-state index contributed by atoms with van der Waals surface area (Å²) in [5.74, 6) is -1.53. The van der Waals surface area contributed by atoms with Crippen molar-refractivity contribution >= 4 is 41.0 Å². The number of hydrogen-bond acceptors (Lipinski definition) is 8. The molecule has 0 aliphatic carbocycles. The van der Waals surface area contributed by atoms with Gasteiger partial charge < -0.3 is 10.6 Å². The van der Waals surface area contributed by atoms with E-state index in [2.05, 4.69) is 11.1 Å². The summed E-state index contributed by atoms with van der Waals surface area (Å²) in [6.45, 7) is 0.107. The Bertz CT molecular complexity index is 1730. The van der Waals surface area contributed by atoms with Crippen LogP contribution in [0.3, 0.4) is 0 Å². The molecule has 4 aromatic rings. The van der Waals surface area contributed by atoms with E-state index in [0.717, 1.165) is 22.2 Å². The summed E-state index contributed by atoms with van der Waals surface area (Å²) >= 11 is 0.995. The van der Waals surface area contributed by atoms with E-state index in [0.29, 0.717) is 16.8 Å². The molecular formula is C32H24N6O3S. The Morgan fingerprint density at radius 3 is 2.14 bits per heavy atom. The minimum absolute atomic E-state index is 0.0542. The maximum absolute atomic E-state index is 13.8. The van der Waals surface area contributed by atoms with Crippen molar-refractivity contribution < 1.29 is 14.4 Å². The molecule has 42 heavy (non-hydrogen) atoms. The minimum atomic E-state index is -1.000. The highest BCUT2D eigenvalue weighted by Gasteiger charge is 2.44. The SMILES string of the molecule is N#Cc1c(N)nc(SCC(=O)N(Cc2ccccc2)C2CC(=O)N(c3ccccc3)C2=O)c(C#N)c1-c1ccccc1. The van der Waals surface area contributed by atoms with Gasteiger partial charge in [-0.1, -0.05) is 90.6 Å². The Hall–Kier alpha value is -5.45. The molecule has 0 radical (unpaired) electrons. The summed E-state index contributed by atoms with van der Waals surface area (Å²) in [5, 5.41) is 20.0. The number of anilines is 2. The highest BCUT2D eigenvalue weighted by atomic mass is 32.2. The third-order valence-electron chi connectivity index (χ3n) is 6.84. The summed E-state index contributed by atoms with van der Waals surface area (Å²) in [6, 6.07) is 29.9. The van der Waals surface area contributed by atoms with Crippen LogP contribution in [-0.4, -0.2) is 39.4 Å². The first-order valence-corrected chi connectivity index (χ1v) is 14.0. The molecule has 0 bridgehead atoms. The third kappa shape index (κ3) is 5.57. The molecule has 2 N–H and O–H groups in total. The van der Waals surface area contributed by atoms with Gasteiger partial charge in [-0.3, -0.25) is 14.4 Å². The number of nitriles is 2. The minimum Gasteiger partial charge on any atom is -0.383 e. The second kappa shape index (κ2) is 12.4. The van der Waals surface area contributed by atoms with Crippen molar-refractivity contribution in [2.45, 2.75) is 24.0 Å². The van der Waals surface area contributed by atoms with E-state index in [1.54, 1.807) is 54.6 Å². The molecule has 3 aromatic carbocycles. The fourth-order valence-corrected chi connectivity index (χ4v) is 5.75. The number of nitrogens with two attached hydrogens (primary N) is 1. The molecule has 2 heterocycles. The average Bonchev–Trinajstić information content (AvgIpc) is 3.32. The average molecular weight is 573 g/mol. The van der Waals surface area contributed by atoms with E-state index in [1.165, 1.54) is 4.90 Å². The molecule has 1 aliphatic rings. The van der Waals surface area contributed by atoms with Crippen LogP contribution in [0.1, 0.15) is 23.1 Å². The van der Waals surface area contributed by atoms with Gasteiger partial charge in [-0.2, -0.15) is 10.5 Å². The zero-order valence-corrected chi connectivity index (χ0v) is 23.1. The van der Waals surface area contributed by atoms with Crippen LogP contribution in [0.4, 0.5) is 11.5 Å². The highest BCUT2D eigenvalue weighted by Crippen LogP contribution is 2.36. The Balaban J connectivity index is 1.46. The molecule has 1 aromatic heterocycles. The summed E-state index contributed by atoms with van der Waals surface area (Å²) < 4.78 is 0. The van der Waals surface area contributed by atoms with Crippen LogP contribution in [0.15, 0.2) is 96.0 Å². The number of imide groups is 1. The first-order valence-electron chi connectivity index (χ1n) is 13.0. The molecule has 1 unspecified atom stereocenters. The van der Waals surface area contributed by atoms with Crippen molar-refractivity contribution in [1.82, 2.24) is 9.88 Å². The standard InChI is InChI=1S/C32H24N6O3S/c33-17-24-29(22-12-6-2-7-13-22)25(18-34)31(36-30(24)35)42-20-28(40)37(19-21-10-4-1-5-11-21)26-16-27(39)38(32(26)41)23-14-8-3-9-15-23/h1-15,26H,16,19-20H2,(H2,35,36). The highest BCUT2D eigenvalue weighted by molar-refractivity contribution is 8.00. The van der Waals surface area contributed by atoms with Gasteiger partial charge in [0.05, 0.1) is 23.4 Å². The molecule has 1 fully saturated rings. The van der Waals surface area contributed by atoms with E-state index in [4.69, 9.17) is 5.73 Å². The first-order chi connectivity index (χ1) is 20.4. The summed E-state index contributed by atoms with van der Waals surface area (Å²) in [5.41, 5.74) is 8.53. The Morgan fingerprint density at radius 1 is 0.929 bits per heavy atom. The molecule has 1 saturated heterocycles. The van der Waals surface area contributed by atoms with E-state index in [1.807, 2.05) is 42.5 Å². The van der Waals surface area contributed by atoms with Gasteiger partial charge in [0.25, 0.3) is 5.91 Å². The quantitative estimate of drug-likeness (QED) is 0.240. The van der Waals surface area contributed by atoms with E-state index in [-0.39, 0.29) is 40.7 Å². The van der Waals surface area contributed by atoms with Gasteiger partial charge >= 0.3 is 0 Å². The van der Waals surface area contributed by atoms with Crippen LogP contribution in [0, 0.1) is 22.7 Å². The van der Waals surface area contributed by atoms with Crippen LogP contribution in [0.5, 0.6) is 0 Å². The van der Waals surface area contributed by atoms with Crippen molar-refractivity contribution in [2.75, 3.05) is 16.4 Å². The number of benzene rings is 3. The monoisotopic (exact) mass is 572 g/mol. The van der Waals surface area contributed by atoms with Gasteiger partial charge in [0.15, 0.2) is 0 Å². The topological polar surface area (TPSA) is 144 Å². The lowest BCUT2D eigenvalue weighted by atomic mass is 9.97. The van der Waals surface area contributed by atoms with Crippen LogP contribution in [0.2, 0.25) is 0 Å². The Kier molecular flexibility index (Phi) is 8.28. The smallest absolute Gasteiger partial charge is 0.257 e. The maximum Gasteiger partial charge on any atom is 0.257 e. The lowest BCUT2D eigenvalue weighted by Crippen LogP contribution is -2.45. The molecule has 1 atom stereocenters. The predicted molar refractivity (Wildman–Crippen MR) is 159 cm³/mol. The molecule has 9 nitrogen and oxygen atoms in total. The third-order valence-corrected chi connectivity index (χ3v) is 7.80. The van der Waals surface area contributed by atoms with Gasteiger partial charge in [-0.15, -0.1) is 0 Å². The number of nitrogens with zero attached hydrogens (tertiary/aromatic N) is 5. The normalized spacial score (nSPS) is 14.3. The number of carbonyl (C=O) groups excluding carboxylic acids is 3. The number of amides is 3. The van der Waals surface area contributed by atoms with Crippen molar-refractivity contribution in [1.29, 1.82) is 10.5 Å². The van der Waals surface area contributed by atoms with E-state index >= 15 is 0 Å². The number of nitrogen functional groups attached to an aromatic ring is 1. The second-order valence-corrected chi connectivity index (χ2v) is 10.4. The van der Waals surface area contributed by atoms with Gasteiger partial charge in [-0.25, -0.2) is 9.88 Å². The fourth-order valence-electron chi connectivity index (χ4n) is 4.87. The molecular weight excluding hydrogens is 548 g/mol. The molecule has 206 valence electrons. The Labute approximate surface area is 246 Å². The number of thioether (sulfide) groups is 1. The van der Waals surface area contributed by atoms with Crippen molar-refractivity contribution in [3.05, 3.63) is 108 Å².